The number of nitrogens with zero attached hydrogens (tertiary/aromatic N) is 2. The predicted octanol–water partition coefficient (Wildman–Crippen LogP) is 4.11. The minimum Gasteiger partial charge on any atom is -0.496 e. The van der Waals surface area contributed by atoms with E-state index in [0.29, 0.717) is 6.29 Å². The molecule has 1 aromatic carbocycles. The van der Waals surface area contributed by atoms with Crippen molar-refractivity contribution in [3.8, 4) is 17.1 Å². The summed E-state index contributed by atoms with van der Waals surface area (Å²) in [5, 5.41) is 0. The highest BCUT2D eigenvalue weighted by Gasteiger charge is 2.36. The number of aromatic nitrogens is 2. The van der Waals surface area contributed by atoms with E-state index in [4.69, 9.17) is 4.74 Å². The van der Waals surface area contributed by atoms with Crippen molar-refractivity contribution >= 4 is 6.29 Å². The number of halogens is 4. The molecular formula is C15H14F4N2O2. The first-order valence-electron chi connectivity index (χ1n) is 6.68. The SMILES string of the molecule is COc1cc(C=O)cc(F)c1-c1nc(C(F)(F)F)cn1C(C)C. The fourth-order valence-corrected chi connectivity index (χ4v) is 2.16. The first-order chi connectivity index (χ1) is 10.7. The van der Waals surface area contributed by atoms with Gasteiger partial charge in [0.05, 0.1) is 12.7 Å². The van der Waals surface area contributed by atoms with Crippen LogP contribution in [0.4, 0.5) is 17.6 Å². The van der Waals surface area contributed by atoms with Gasteiger partial charge in [-0.25, -0.2) is 9.37 Å². The molecule has 0 radical (unpaired) electrons. The Kier molecular flexibility index (Phi) is 4.44. The van der Waals surface area contributed by atoms with Gasteiger partial charge in [0.15, 0.2) is 5.69 Å². The van der Waals surface area contributed by atoms with Gasteiger partial charge < -0.3 is 9.30 Å². The van der Waals surface area contributed by atoms with Crippen molar-refractivity contribution in [2.75, 3.05) is 7.11 Å². The molecule has 4 nitrogen and oxygen atoms in total. The van der Waals surface area contributed by atoms with Gasteiger partial charge in [-0.3, -0.25) is 4.79 Å². The Morgan fingerprint density at radius 2 is 1.96 bits per heavy atom. The number of imidazole rings is 1. The third-order valence-electron chi connectivity index (χ3n) is 3.24. The molecule has 1 heterocycles. The van der Waals surface area contributed by atoms with Crippen LogP contribution in [0.5, 0.6) is 5.75 Å². The summed E-state index contributed by atoms with van der Waals surface area (Å²) in [5.74, 6) is -1.15. The number of benzene rings is 1. The van der Waals surface area contributed by atoms with Crippen LogP contribution in [0.3, 0.4) is 0 Å². The summed E-state index contributed by atoms with van der Waals surface area (Å²) in [6.45, 7) is 3.30. The molecule has 0 aliphatic heterocycles. The van der Waals surface area contributed by atoms with Crippen LogP contribution in [0, 0.1) is 5.82 Å². The zero-order valence-corrected chi connectivity index (χ0v) is 12.6. The van der Waals surface area contributed by atoms with E-state index in [2.05, 4.69) is 4.98 Å². The highest BCUT2D eigenvalue weighted by Crippen LogP contribution is 2.37. The zero-order chi connectivity index (χ0) is 17.4. The van der Waals surface area contributed by atoms with Crippen molar-refractivity contribution in [2.45, 2.75) is 26.1 Å². The van der Waals surface area contributed by atoms with E-state index in [1.807, 2.05) is 0 Å². The lowest BCUT2D eigenvalue weighted by Gasteiger charge is -2.14. The number of hydrogen-bond donors (Lipinski definition) is 0. The second-order valence-corrected chi connectivity index (χ2v) is 5.15. The van der Waals surface area contributed by atoms with Gasteiger partial charge in [-0.05, 0) is 26.0 Å². The number of aldehydes is 1. The first-order valence-corrected chi connectivity index (χ1v) is 6.68. The molecule has 2 aromatic rings. The minimum atomic E-state index is -4.65. The van der Waals surface area contributed by atoms with E-state index in [9.17, 15) is 22.4 Å². The molecule has 0 saturated heterocycles. The van der Waals surface area contributed by atoms with Gasteiger partial charge in [-0.1, -0.05) is 0 Å². The van der Waals surface area contributed by atoms with Gasteiger partial charge >= 0.3 is 6.18 Å². The Bertz CT molecular complexity index is 736. The lowest BCUT2D eigenvalue weighted by Crippen LogP contribution is -2.05. The predicted molar refractivity (Wildman–Crippen MR) is 74.9 cm³/mol. The maximum absolute atomic E-state index is 14.3. The molecule has 0 unspecified atom stereocenters. The molecule has 2 rings (SSSR count). The topological polar surface area (TPSA) is 44.1 Å². The van der Waals surface area contributed by atoms with Crippen LogP contribution in [0.15, 0.2) is 18.3 Å². The van der Waals surface area contributed by atoms with Crippen molar-refractivity contribution in [1.82, 2.24) is 9.55 Å². The summed E-state index contributed by atoms with van der Waals surface area (Å²) in [6.07, 6.45) is -3.40. The van der Waals surface area contributed by atoms with E-state index in [1.165, 1.54) is 17.7 Å². The fourth-order valence-electron chi connectivity index (χ4n) is 2.16. The van der Waals surface area contributed by atoms with Gasteiger partial charge in [0.25, 0.3) is 0 Å². The Labute approximate surface area is 129 Å². The summed E-state index contributed by atoms with van der Waals surface area (Å²) in [6, 6.07) is 1.79. The molecule has 0 fully saturated rings. The van der Waals surface area contributed by atoms with Crippen molar-refractivity contribution < 1.29 is 27.1 Å². The molecule has 0 aliphatic rings. The zero-order valence-electron chi connectivity index (χ0n) is 12.6. The van der Waals surface area contributed by atoms with Crippen LogP contribution in [0.25, 0.3) is 11.4 Å². The van der Waals surface area contributed by atoms with Crippen LogP contribution >= 0.6 is 0 Å². The Balaban J connectivity index is 2.75. The summed E-state index contributed by atoms with van der Waals surface area (Å²) in [4.78, 5) is 14.3. The average Bonchev–Trinajstić information content (AvgIpc) is 2.91. The first kappa shape index (κ1) is 17.0. The normalized spacial score (nSPS) is 11.8. The summed E-state index contributed by atoms with van der Waals surface area (Å²) in [5.41, 5.74) is -1.33. The average molecular weight is 330 g/mol. The van der Waals surface area contributed by atoms with E-state index in [0.717, 1.165) is 12.3 Å². The van der Waals surface area contributed by atoms with Gasteiger partial charge in [-0.15, -0.1) is 0 Å². The second kappa shape index (κ2) is 6.02. The molecule has 124 valence electrons. The molecule has 1 aromatic heterocycles. The molecule has 23 heavy (non-hydrogen) atoms. The van der Waals surface area contributed by atoms with Crippen molar-refractivity contribution in [3.63, 3.8) is 0 Å². The molecule has 0 N–H and O–H groups in total. The maximum atomic E-state index is 14.3. The maximum Gasteiger partial charge on any atom is 0.434 e. The number of alkyl halides is 3. The lowest BCUT2D eigenvalue weighted by atomic mass is 10.1. The quantitative estimate of drug-likeness (QED) is 0.626. The van der Waals surface area contributed by atoms with Crippen LogP contribution in [-0.4, -0.2) is 22.9 Å². The smallest absolute Gasteiger partial charge is 0.434 e. The van der Waals surface area contributed by atoms with E-state index in [-0.39, 0.29) is 28.7 Å². The fraction of sp³-hybridized carbons (Fsp3) is 0.333. The van der Waals surface area contributed by atoms with Crippen LogP contribution in [0.2, 0.25) is 0 Å². The number of rotatable bonds is 4. The van der Waals surface area contributed by atoms with Gasteiger partial charge in [0.1, 0.15) is 23.7 Å². The summed E-state index contributed by atoms with van der Waals surface area (Å²) in [7, 11) is 1.24. The molecule has 8 heteroatoms. The Morgan fingerprint density at radius 3 is 2.43 bits per heavy atom. The number of ether oxygens (including phenoxy) is 1. The molecule has 0 bridgehead atoms. The molecule has 0 spiro atoms. The molecular weight excluding hydrogens is 316 g/mol. The number of methoxy groups -OCH3 is 1. The Hall–Kier alpha value is -2.38. The van der Waals surface area contributed by atoms with Gasteiger partial charge in [-0.2, -0.15) is 13.2 Å². The molecule has 0 amide bonds. The highest BCUT2D eigenvalue weighted by atomic mass is 19.4. The van der Waals surface area contributed by atoms with Crippen molar-refractivity contribution in [1.29, 1.82) is 0 Å². The number of carbonyl (C=O) groups is 1. The Morgan fingerprint density at radius 1 is 1.30 bits per heavy atom. The van der Waals surface area contributed by atoms with E-state index >= 15 is 0 Å². The van der Waals surface area contributed by atoms with Crippen LogP contribution < -0.4 is 4.74 Å². The number of carbonyl (C=O) groups excluding carboxylic acids is 1. The van der Waals surface area contributed by atoms with Crippen LogP contribution in [0.1, 0.15) is 35.9 Å². The third kappa shape index (κ3) is 3.20. The van der Waals surface area contributed by atoms with Crippen molar-refractivity contribution in [2.24, 2.45) is 0 Å². The van der Waals surface area contributed by atoms with Crippen LogP contribution in [-0.2, 0) is 6.18 Å². The van der Waals surface area contributed by atoms with E-state index in [1.54, 1.807) is 13.8 Å². The number of hydrogen-bond acceptors (Lipinski definition) is 3. The van der Waals surface area contributed by atoms with Crippen molar-refractivity contribution in [3.05, 3.63) is 35.4 Å². The molecule has 0 atom stereocenters. The summed E-state index contributed by atoms with van der Waals surface area (Å²) < 4.78 is 59.3. The highest BCUT2D eigenvalue weighted by molar-refractivity contribution is 5.79. The third-order valence-corrected chi connectivity index (χ3v) is 3.24. The van der Waals surface area contributed by atoms with Gasteiger partial charge in [0, 0.05) is 17.8 Å². The van der Waals surface area contributed by atoms with Gasteiger partial charge in [0.2, 0.25) is 0 Å². The standard InChI is InChI=1S/C15H14F4N2O2/c1-8(2)21-6-12(15(17,18)19)20-14(21)13-10(16)4-9(7-22)5-11(13)23-3/h4-8H,1-3H3. The summed E-state index contributed by atoms with van der Waals surface area (Å²) >= 11 is 0. The molecule has 0 saturated carbocycles. The largest absolute Gasteiger partial charge is 0.496 e. The van der Waals surface area contributed by atoms with E-state index < -0.39 is 17.7 Å². The lowest BCUT2D eigenvalue weighted by molar-refractivity contribution is -0.140. The molecule has 0 aliphatic carbocycles. The second-order valence-electron chi connectivity index (χ2n) is 5.15. The minimum absolute atomic E-state index is 0.0156. The monoisotopic (exact) mass is 330 g/mol.